The molecule has 1 aromatic carbocycles. The molecule has 0 radical (unpaired) electrons. The fraction of sp³-hybridized carbons (Fsp3) is 0.250. The largest absolute Gasteiger partial charge is 0.494 e. The number of benzene rings is 1. The first-order valence-electron chi connectivity index (χ1n) is 5.77. The summed E-state index contributed by atoms with van der Waals surface area (Å²) < 4.78 is 32.6. The first kappa shape index (κ1) is 14.4. The predicted molar refractivity (Wildman–Crippen MR) is 71.2 cm³/mol. The van der Waals surface area contributed by atoms with Gasteiger partial charge >= 0.3 is 0 Å². The Morgan fingerprint density at radius 1 is 1.35 bits per heavy atom. The molecule has 0 aliphatic carbocycles. The summed E-state index contributed by atoms with van der Waals surface area (Å²) in [5.41, 5.74) is 1.04. The number of aryl methyl sites for hydroxylation is 1. The lowest BCUT2D eigenvalue weighted by molar-refractivity contribution is -0.117. The SMILES string of the molecule is Cc1cc(S(N)(=O)=O)ccc1NC(=O)C1=COCCO1. The van der Waals surface area contributed by atoms with Crippen LogP contribution in [0.4, 0.5) is 5.69 Å². The van der Waals surface area contributed by atoms with E-state index in [-0.39, 0.29) is 10.7 Å². The van der Waals surface area contributed by atoms with Gasteiger partial charge in [0.25, 0.3) is 5.91 Å². The monoisotopic (exact) mass is 298 g/mol. The summed E-state index contributed by atoms with van der Waals surface area (Å²) in [6.45, 7) is 2.37. The second-order valence-electron chi connectivity index (χ2n) is 4.18. The molecule has 0 saturated heterocycles. The molecule has 1 heterocycles. The van der Waals surface area contributed by atoms with E-state index in [0.29, 0.717) is 24.5 Å². The minimum atomic E-state index is -3.76. The molecule has 1 amide bonds. The standard InChI is InChI=1S/C12H14N2O5S/c1-8-6-9(20(13,16)17)2-3-10(8)14-12(15)11-7-18-4-5-19-11/h2-3,6-7H,4-5H2,1H3,(H,14,15)(H2,13,16,17). The van der Waals surface area contributed by atoms with E-state index in [1.807, 2.05) is 0 Å². The Labute approximate surface area is 116 Å². The van der Waals surface area contributed by atoms with Crippen molar-refractivity contribution in [2.75, 3.05) is 18.5 Å². The van der Waals surface area contributed by atoms with Crippen LogP contribution < -0.4 is 10.5 Å². The van der Waals surface area contributed by atoms with Crippen LogP contribution in [-0.4, -0.2) is 27.5 Å². The molecule has 0 unspecified atom stereocenters. The Hall–Kier alpha value is -2.06. The van der Waals surface area contributed by atoms with Crippen molar-refractivity contribution in [2.24, 2.45) is 5.14 Å². The molecule has 7 nitrogen and oxygen atoms in total. The van der Waals surface area contributed by atoms with Gasteiger partial charge in [-0.05, 0) is 30.7 Å². The van der Waals surface area contributed by atoms with Crippen molar-refractivity contribution in [2.45, 2.75) is 11.8 Å². The normalized spacial score (nSPS) is 14.8. The lowest BCUT2D eigenvalue weighted by Crippen LogP contribution is -2.21. The molecule has 1 aliphatic rings. The predicted octanol–water partition coefficient (Wildman–Crippen LogP) is 0.469. The molecule has 1 aliphatic heterocycles. The minimum absolute atomic E-state index is 0.00976. The molecule has 0 atom stereocenters. The highest BCUT2D eigenvalue weighted by atomic mass is 32.2. The molecule has 0 spiro atoms. The molecule has 0 fully saturated rings. The van der Waals surface area contributed by atoms with Crippen LogP contribution in [0.15, 0.2) is 35.1 Å². The van der Waals surface area contributed by atoms with Crippen molar-refractivity contribution in [1.82, 2.24) is 0 Å². The van der Waals surface area contributed by atoms with Gasteiger partial charge in [-0.25, -0.2) is 13.6 Å². The number of hydrogen-bond acceptors (Lipinski definition) is 5. The van der Waals surface area contributed by atoms with E-state index in [4.69, 9.17) is 14.6 Å². The summed E-state index contributed by atoms with van der Waals surface area (Å²) in [5.74, 6) is -0.387. The maximum Gasteiger partial charge on any atom is 0.294 e. The van der Waals surface area contributed by atoms with Gasteiger partial charge in [0, 0.05) is 5.69 Å². The van der Waals surface area contributed by atoms with E-state index >= 15 is 0 Å². The fourth-order valence-electron chi connectivity index (χ4n) is 1.62. The fourth-order valence-corrected chi connectivity index (χ4v) is 2.22. The van der Waals surface area contributed by atoms with E-state index in [0.717, 1.165) is 0 Å². The van der Waals surface area contributed by atoms with Gasteiger partial charge in [-0.3, -0.25) is 4.79 Å². The van der Waals surface area contributed by atoms with E-state index in [2.05, 4.69) is 5.32 Å². The molecule has 108 valence electrons. The number of sulfonamides is 1. The zero-order chi connectivity index (χ0) is 14.8. The summed E-state index contributed by atoms with van der Waals surface area (Å²) >= 11 is 0. The van der Waals surface area contributed by atoms with Gasteiger partial charge < -0.3 is 14.8 Å². The summed E-state index contributed by atoms with van der Waals surface area (Å²) in [4.78, 5) is 11.9. The van der Waals surface area contributed by atoms with Crippen LogP contribution in [0, 0.1) is 6.92 Å². The smallest absolute Gasteiger partial charge is 0.294 e. The lowest BCUT2D eigenvalue weighted by Gasteiger charge is -2.16. The maximum atomic E-state index is 11.9. The van der Waals surface area contributed by atoms with Gasteiger partial charge in [0.2, 0.25) is 15.8 Å². The minimum Gasteiger partial charge on any atom is -0.494 e. The van der Waals surface area contributed by atoms with Crippen LogP contribution in [0.2, 0.25) is 0 Å². The molecule has 1 aromatic rings. The van der Waals surface area contributed by atoms with Crippen molar-refractivity contribution in [3.05, 3.63) is 35.8 Å². The highest BCUT2D eigenvalue weighted by Gasteiger charge is 2.17. The third-order valence-corrected chi connectivity index (χ3v) is 3.56. The summed E-state index contributed by atoms with van der Waals surface area (Å²) in [5, 5.41) is 7.64. The number of nitrogens with two attached hydrogens (primary N) is 1. The first-order chi connectivity index (χ1) is 9.38. The lowest BCUT2D eigenvalue weighted by atomic mass is 10.2. The zero-order valence-electron chi connectivity index (χ0n) is 10.8. The molecule has 20 heavy (non-hydrogen) atoms. The van der Waals surface area contributed by atoms with Crippen molar-refractivity contribution in [3.8, 4) is 0 Å². The Bertz CT molecular complexity index is 666. The zero-order valence-corrected chi connectivity index (χ0v) is 11.6. The second-order valence-corrected chi connectivity index (χ2v) is 5.74. The van der Waals surface area contributed by atoms with Gasteiger partial charge in [-0.2, -0.15) is 0 Å². The van der Waals surface area contributed by atoms with Crippen LogP contribution in [0.3, 0.4) is 0 Å². The van der Waals surface area contributed by atoms with E-state index in [1.165, 1.54) is 24.5 Å². The summed E-state index contributed by atoms with van der Waals surface area (Å²) in [6, 6.07) is 4.18. The average molecular weight is 298 g/mol. The molecule has 0 saturated carbocycles. The van der Waals surface area contributed by atoms with Gasteiger partial charge in [-0.1, -0.05) is 0 Å². The van der Waals surface area contributed by atoms with E-state index in [1.54, 1.807) is 6.92 Å². The highest BCUT2D eigenvalue weighted by molar-refractivity contribution is 7.89. The third kappa shape index (κ3) is 3.28. The Morgan fingerprint density at radius 2 is 2.10 bits per heavy atom. The Kier molecular flexibility index (Phi) is 3.96. The molecule has 2 rings (SSSR count). The number of anilines is 1. The molecule has 3 N–H and O–H groups in total. The van der Waals surface area contributed by atoms with Crippen molar-refractivity contribution in [1.29, 1.82) is 0 Å². The number of carbonyl (C=O) groups excluding carboxylic acids is 1. The number of amides is 1. The van der Waals surface area contributed by atoms with Crippen LogP contribution in [0.1, 0.15) is 5.56 Å². The molecular weight excluding hydrogens is 284 g/mol. The maximum absolute atomic E-state index is 11.9. The molecule has 0 bridgehead atoms. The molecular formula is C12H14N2O5S. The van der Waals surface area contributed by atoms with Crippen molar-refractivity contribution >= 4 is 21.6 Å². The van der Waals surface area contributed by atoms with E-state index in [9.17, 15) is 13.2 Å². The Morgan fingerprint density at radius 3 is 2.65 bits per heavy atom. The summed E-state index contributed by atoms with van der Waals surface area (Å²) in [6.07, 6.45) is 1.24. The average Bonchev–Trinajstić information content (AvgIpc) is 2.41. The number of rotatable bonds is 3. The molecule has 0 aromatic heterocycles. The quantitative estimate of drug-likeness (QED) is 0.843. The number of primary sulfonamides is 1. The van der Waals surface area contributed by atoms with Gasteiger partial charge in [-0.15, -0.1) is 0 Å². The first-order valence-corrected chi connectivity index (χ1v) is 7.32. The van der Waals surface area contributed by atoms with Crippen LogP contribution in [0.25, 0.3) is 0 Å². The van der Waals surface area contributed by atoms with Crippen molar-refractivity contribution < 1.29 is 22.7 Å². The Balaban J connectivity index is 2.18. The molecule has 8 heteroatoms. The third-order valence-electron chi connectivity index (χ3n) is 2.65. The van der Waals surface area contributed by atoms with Crippen molar-refractivity contribution in [3.63, 3.8) is 0 Å². The second kappa shape index (κ2) is 5.51. The number of hydrogen-bond donors (Lipinski definition) is 2. The van der Waals surface area contributed by atoms with E-state index < -0.39 is 15.9 Å². The number of carbonyl (C=O) groups is 1. The van der Waals surface area contributed by atoms with Gasteiger partial charge in [0.05, 0.1) is 4.90 Å². The topological polar surface area (TPSA) is 108 Å². The van der Waals surface area contributed by atoms with Gasteiger partial charge in [0.1, 0.15) is 19.5 Å². The van der Waals surface area contributed by atoms with Crippen LogP contribution >= 0.6 is 0 Å². The number of ether oxygens (including phenoxy) is 2. The highest BCUT2D eigenvalue weighted by Crippen LogP contribution is 2.20. The number of nitrogens with one attached hydrogen (secondary N) is 1. The van der Waals surface area contributed by atoms with Crippen LogP contribution in [0.5, 0.6) is 0 Å². The summed E-state index contributed by atoms with van der Waals surface area (Å²) in [7, 11) is -3.76. The van der Waals surface area contributed by atoms with Gasteiger partial charge in [0.15, 0.2) is 0 Å². The van der Waals surface area contributed by atoms with Crippen LogP contribution in [-0.2, 0) is 24.3 Å².